The second kappa shape index (κ2) is 9.53. The molecule has 0 radical (unpaired) electrons. The van der Waals surface area contributed by atoms with Crippen LogP contribution in [0, 0.1) is 6.92 Å². The second-order valence-corrected chi connectivity index (χ2v) is 5.97. The molecule has 0 aliphatic rings. The molecule has 0 saturated carbocycles. The maximum absolute atomic E-state index is 12.0. The summed E-state index contributed by atoms with van der Waals surface area (Å²) in [6.07, 6.45) is 0.939. The third kappa shape index (κ3) is 5.86. The summed E-state index contributed by atoms with van der Waals surface area (Å²) in [4.78, 5) is 23.9. The molecular weight excluding hydrogens is 350 g/mol. The van der Waals surface area contributed by atoms with Crippen LogP contribution in [-0.2, 0) is 11.2 Å². The molecule has 0 saturated heterocycles. The normalized spacial score (nSPS) is 9.92. The summed E-state index contributed by atoms with van der Waals surface area (Å²) in [5, 5.41) is 2.42. The van der Waals surface area contributed by atoms with Gasteiger partial charge in [-0.15, -0.1) is 0 Å². The smallest absolute Gasteiger partial charge is 0.269 e. The molecule has 0 aliphatic heterocycles. The Bertz CT molecular complexity index is 791. The second-order valence-electron chi connectivity index (χ2n) is 5.56. The molecular formula is C19H21N3O3S. The number of amides is 2. The fraction of sp³-hybridized carbons (Fsp3) is 0.211. The molecule has 0 atom stereocenters. The van der Waals surface area contributed by atoms with Gasteiger partial charge in [0.25, 0.3) is 11.8 Å². The maximum Gasteiger partial charge on any atom is 0.269 e. The zero-order valence-corrected chi connectivity index (χ0v) is 15.5. The molecule has 0 aliphatic carbocycles. The number of aryl methyl sites for hydroxylation is 2. The highest BCUT2D eigenvalue weighted by atomic mass is 32.1. The third-order valence-electron chi connectivity index (χ3n) is 3.63. The van der Waals surface area contributed by atoms with E-state index in [0.29, 0.717) is 11.3 Å². The summed E-state index contributed by atoms with van der Waals surface area (Å²) in [5.74, 6) is -0.164. The average molecular weight is 371 g/mol. The molecule has 136 valence electrons. The first kappa shape index (κ1) is 19.4. The van der Waals surface area contributed by atoms with E-state index in [2.05, 4.69) is 23.1 Å². The Kier molecular flexibility index (Phi) is 7.11. The molecule has 0 fully saturated rings. The van der Waals surface area contributed by atoms with Crippen molar-refractivity contribution in [2.45, 2.75) is 20.3 Å². The van der Waals surface area contributed by atoms with E-state index in [-0.39, 0.29) is 17.6 Å². The molecule has 0 bridgehead atoms. The minimum absolute atomic E-state index is 0.0122. The predicted molar refractivity (Wildman–Crippen MR) is 104 cm³/mol. The number of nitrogens with one attached hydrogen (secondary N) is 3. The van der Waals surface area contributed by atoms with Crippen LogP contribution in [0.3, 0.4) is 0 Å². The van der Waals surface area contributed by atoms with Gasteiger partial charge in [0.1, 0.15) is 5.75 Å². The summed E-state index contributed by atoms with van der Waals surface area (Å²) >= 11 is 4.98. The van der Waals surface area contributed by atoms with Crippen molar-refractivity contribution >= 4 is 29.1 Å². The number of hydrogen-bond donors (Lipinski definition) is 3. The SMILES string of the molecule is CCc1ccc(OCC(=O)NC(=S)NNC(=O)c2ccccc2C)cc1. The zero-order valence-electron chi connectivity index (χ0n) is 14.7. The van der Waals surface area contributed by atoms with Crippen LogP contribution in [0.15, 0.2) is 48.5 Å². The molecule has 2 rings (SSSR count). The summed E-state index contributed by atoms with van der Waals surface area (Å²) in [6, 6.07) is 14.7. The minimum atomic E-state index is -0.424. The Morgan fingerprint density at radius 2 is 1.73 bits per heavy atom. The molecule has 0 heterocycles. The van der Waals surface area contributed by atoms with Gasteiger partial charge in [-0.1, -0.05) is 37.3 Å². The summed E-state index contributed by atoms with van der Waals surface area (Å²) in [5.41, 5.74) is 7.49. The lowest BCUT2D eigenvalue weighted by molar-refractivity contribution is -0.121. The number of carbonyl (C=O) groups is 2. The first-order valence-corrected chi connectivity index (χ1v) is 8.58. The average Bonchev–Trinajstić information content (AvgIpc) is 2.65. The Morgan fingerprint density at radius 1 is 1.04 bits per heavy atom. The van der Waals surface area contributed by atoms with Gasteiger partial charge in [-0.25, -0.2) is 0 Å². The van der Waals surface area contributed by atoms with Crippen LogP contribution < -0.4 is 20.9 Å². The molecule has 0 aromatic heterocycles. The Balaban J connectivity index is 1.73. The molecule has 6 nitrogen and oxygen atoms in total. The first-order chi connectivity index (χ1) is 12.5. The van der Waals surface area contributed by atoms with E-state index >= 15 is 0 Å². The molecule has 0 unspecified atom stereocenters. The predicted octanol–water partition coefficient (Wildman–Crippen LogP) is 2.27. The summed E-state index contributed by atoms with van der Waals surface area (Å²) in [6.45, 7) is 3.72. The lowest BCUT2D eigenvalue weighted by atomic mass is 10.1. The van der Waals surface area contributed by atoms with Gasteiger partial charge in [0, 0.05) is 5.56 Å². The maximum atomic E-state index is 12.0. The third-order valence-corrected chi connectivity index (χ3v) is 3.84. The Labute approximate surface area is 157 Å². The van der Waals surface area contributed by atoms with Crippen molar-refractivity contribution in [3.05, 3.63) is 65.2 Å². The number of hydrazine groups is 1. The molecule has 3 N–H and O–H groups in total. The number of thiocarbonyl (C=S) groups is 1. The Hall–Kier alpha value is -2.93. The molecule has 2 aromatic carbocycles. The quantitative estimate of drug-likeness (QED) is 0.555. The van der Waals surface area contributed by atoms with Gasteiger partial charge in [0.15, 0.2) is 11.7 Å². The number of benzene rings is 2. The number of hydrogen-bond acceptors (Lipinski definition) is 4. The van der Waals surface area contributed by atoms with Crippen molar-refractivity contribution in [1.82, 2.24) is 16.2 Å². The summed E-state index contributed by atoms with van der Waals surface area (Å²) < 4.78 is 5.39. The highest BCUT2D eigenvalue weighted by Crippen LogP contribution is 2.12. The molecule has 0 spiro atoms. The van der Waals surface area contributed by atoms with Gasteiger partial charge < -0.3 is 4.74 Å². The fourth-order valence-electron chi connectivity index (χ4n) is 2.17. The number of carbonyl (C=O) groups excluding carboxylic acids is 2. The van der Waals surface area contributed by atoms with Gasteiger partial charge in [-0.05, 0) is 54.9 Å². The number of rotatable bonds is 5. The van der Waals surface area contributed by atoms with E-state index in [4.69, 9.17) is 17.0 Å². The highest BCUT2D eigenvalue weighted by Gasteiger charge is 2.10. The van der Waals surface area contributed by atoms with Crippen LogP contribution in [-0.4, -0.2) is 23.5 Å². The lowest BCUT2D eigenvalue weighted by Crippen LogP contribution is -2.49. The molecule has 2 aromatic rings. The minimum Gasteiger partial charge on any atom is -0.484 e. The lowest BCUT2D eigenvalue weighted by Gasteiger charge is -2.12. The van der Waals surface area contributed by atoms with Crippen molar-refractivity contribution in [2.24, 2.45) is 0 Å². The fourth-order valence-corrected chi connectivity index (χ4v) is 2.34. The van der Waals surface area contributed by atoms with Crippen LogP contribution in [0.1, 0.15) is 28.4 Å². The highest BCUT2D eigenvalue weighted by molar-refractivity contribution is 7.80. The van der Waals surface area contributed by atoms with Gasteiger partial charge in [0.2, 0.25) is 0 Å². The van der Waals surface area contributed by atoms with Crippen LogP contribution in [0.25, 0.3) is 0 Å². The van der Waals surface area contributed by atoms with E-state index in [1.54, 1.807) is 12.1 Å². The largest absolute Gasteiger partial charge is 0.484 e. The van der Waals surface area contributed by atoms with Crippen molar-refractivity contribution < 1.29 is 14.3 Å². The van der Waals surface area contributed by atoms with E-state index < -0.39 is 5.91 Å². The standard InChI is InChI=1S/C19H21N3O3S/c1-3-14-8-10-15(11-9-14)25-12-17(23)20-19(26)22-21-18(24)16-7-5-4-6-13(16)2/h4-11H,3,12H2,1-2H3,(H,21,24)(H2,20,22,23,26). The molecule has 7 heteroatoms. The monoisotopic (exact) mass is 371 g/mol. The van der Waals surface area contributed by atoms with Crippen molar-refractivity contribution in [2.75, 3.05) is 6.61 Å². The Morgan fingerprint density at radius 3 is 2.38 bits per heavy atom. The number of ether oxygens (including phenoxy) is 1. The van der Waals surface area contributed by atoms with Crippen molar-refractivity contribution in [1.29, 1.82) is 0 Å². The first-order valence-electron chi connectivity index (χ1n) is 8.17. The van der Waals surface area contributed by atoms with Crippen LogP contribution in [0.5, 0.6) is 5.75 Å². The summed E-state index contributed by atoms with van der Waals surface area (Å²) in [7, 11) is 0. The van der Waals surface area contributed by atoms with E-state index in [1.165, 1.54) is 5.56 Å². The zero-order chi connectivity index (χ0) is 18.9. The van der Waals surface area contributed by atoms with Gasteiger partial charge in [0.05, 0.1) is 0 Å². The van der Waals surface area contributed by atoms with Crippen LogP contribution in [0.4, 0.5) is 0 Å². The van der Waals surface area contributed by atoms with Crippen LogP contribution in [0.2, 0.25) is 0 Å². The van der Waals surface area contributed by atoms with Crippen molar-refractivity contribution in [3.8, 4) is 5.75 Å². The van der Waals surface area contributed by atoms with Crippen molar-refractivity contribution in [3.63, 3.8) is 0 Å². The van der Waals surface area contributed by atoms with E-state index in [0.717, 1.165) is 12.0 Å². The van der Waals surface area contributed by atoms with E-state index in [1.807, 2.05) is 43.3 Å². The van der Waals surface area contributed by atoms with Gasteiger partial charge >= 0.3 is 0 Å². The van der Waals surface area contributed by atoms with Gasteiger partial charge in [-0.2, -0.15) is 0 Å². The molecule has 2 amide bonds. The van der Waals surface area contributed by atoms with Gasteiger partial charge in [-0.3, -0.25) is 25.8 Å². The van der Waals surface area contributed by atoms with E-state index in [9.17, 15) is 9.59 Å². The topological polar surface area (TPSA) is 79.5 Å². The molecule has 26 heavy (non-hydrogen) atoms. The van der Waals surface area contributed by atoms with Crippen LogP contribution >= 0.6 is 12.2 Å².